The molecular formula is C21H19B4F3O9S. The number of carbonyl (C=O) groups excluding carboxylic acids is 2. The summed E-state index contributed by atoms with van der Waals surface area (Å²) in [7, 11) is 18.2. The van der Waals surface area contributed by atoms with E-state index in [1.807, 2.05) is 0 Å². The number of aromatic carboxylic acids is 1. The Kier molecular flexibility index (Phi) is 8.72. The summed E-state index contributed by atoms with van der Waals surface area (Å²) in [6, 6.07) is 0. The summed E-state index contributed by atoms with van der Waals surface area (Å²) in [4.78, 5) is 37.5. The van der Waals surface area contributed by atoms with E-state index in [4.69, 9.17) is 40.7 Å². The summed E-state index contributed by atoms with van der Waals surface area (Å²) in [6.07, 6.45) is -9.32. The number of carboxylic acid groups (broad SMARTS) is 1. The number of esters is 2. The van der Waals surface area contributed by atoms with Crippen LogP contribution >= 0.6 is 0 Å². The molecule has 1 aromatic rings. The van der Waals surface area contributed by atoms with Crippen molar-refractivity contribution in [1.82, 2.24) is 0 Å². The van der Waals surface area contributed by atoms with E-state index in [2.05, 4.69) is 4.74 Å². The first-order valence-corrected chi connectivity index (χ1v) is 12.9. The average Bonchev–Trinajstić information content (AvgIpc) is 3.37. The van der Waals surface area contributed by atoms with Crippen LogP contribution in [0.5, 0.6) is 0 Å². The molecule has 17 heteroatoms. The number of hydrogen-bond donors (Lipinski definition) is 2. The smallest absolute Gasteiger partial charge is 0.426 e. The molecule has 9 nitrogen and oxygen atoms in total. The second-order valence-corrected chi connectivity index (χ2v) is 10.7. The van der Waals surface area contributed by atoms with Gasteiger partial charge in [0, 0.05) is 0 Å². The third-order valence-electron chi connectivity index (χ3n) is 6.96. The molecule has 2 aliphatic carbocycles. The lowest BCUT2D eigenvalue weighted by atomic mass is 9.68. The molecule has 5 atom stereocenters. The highest BCUT2D eigenvalue weighted by Crippen LogP contribution is 2.50. The van der Waals surface area contributed by atoms with E-state index in [-0.39, 0.29) is 47.5 Å². The number of benzene rings is 1. The van der Waals surface area contributed by atoms with Gasteiger partial charge in [-0.3, -0.25) is 9.35 Å². The number of fused-ring (bicyclic) bond motifs is 2. The maximum atomic E-state index is 13.1. The van der Waals surface area contributed by atoms with Crippen molar-refractivity contribution in [3.63, 3.8) is 0 Å². The number of ether oxygens (including phenoxy) is 2. The highest BCUT2D eigenvalue weighted by atomic mass is 32.2. The summed E-state index contributed by atoms with van der Waals surface area (Å²) >= 11 is 0. The Bertz CT molecular complexity index is 1260. The minimum absolute atomic E-state index is 0.0240. The van der Waals surface area contributed by atoms with Crippen LogP contribution in [0.1, 0.15) is 51.1 Å². The second kappa shape index (κ2) is 11.0. The Labute approximate surface area is 221 Å². The molecule has 0 saturated heterocycles. The van der Waals surface area contributed by atoms with Crippen LogP contribution in [0.3, 0.4) is 0 Å². The normalized spacial score (nSPS) is 23.7. The lowest BCUT2D eigenvalue weighted by Crippen LogP contribution is -2.42. The molecule has 0 heterocycles. The predicted molar refractivity (Wildman–Crippen MR) is 129 cm³/mol. The Balaban J connectivity index is 1.77. The Morgan fingerprint density at radius 3 is 2.03 bits per heavy atom. The van der Waals surface area contributed by atoms with Crippen molar-refractivity contribution in [2.75, 3.05) is 5.75 Å². The quantitative estimate of drug-likeness (QED) is 0.232. The van der Waals surface area contributed by atoms with Crippen molar-refractivity contribution in [3.05, 3.63) is 22.3 Å². The molecule has 1 aromatic carbocycles. The van der Waals surface area contributed by atoms with Gasteiger partial charge in [-0.2, -0.15) is 21.6 Å². The molecule has 0 amide bonds. The van der Waals surface area contributed by atoms with Gasteiger partial charge in [-0.05, 0) is 36.7 Å². The predicted octanol–water partition coefficient (Wildman–Crippen LogP) is -0.757. The van der Waals surface area contributed by atoms with Gasteiger partial charge in [-0.15, -0.1) is 0 Å². The summed E-state index contributed by atoms with van der Waals surface area (Å²) < 4.78 is 79.9. The van der Waals surface area contributed by atoms with Gasteiger partial charge in [0.2, 0.25) is 6.10 Å². The minimum atomic E-state index is -5.23. The molecule has 8 radical (unpaired) electrons. The zero-order valence-electron chi connectivity index (χ0n) is 19.7. The van der Waals surface area contributed by atoms with E-state index in [1.54, 1.807) is 0 Å². The van der Waals surface area contributed by atoms with Gasteiger partial charge in [0.1, 0.15) is 27.5 Å². The molecule has 196 valence electrons. The molecule has 2 fully saturated rings. The highest BCUT2D eigenvalue weighted by Gasteiger charge is 2.53. The number of alkyl halides is 3. The Hall–Kier alpha value is -2.41. The van der Waals surface area contributed by atoms with Gasteiger partial charge in [-0.1, -0.05) is 29.1 Å². The van der Waals surface area contributed by atoms with E-state index in [9.17, 15) is 41.1 Å². The summed E-state index contributed by atoms with van der Waals surface area (Å²) in [5.74, 6) is -7.79. The standard InChI is InChI=1S/C21H19B4F3O9S/c22-4-10-14(15(18(29)30)17(25)11(5-23)16(10)24)20(32)36-12-3-7-1-8(12)2-9(7)19(31)37-13(21(26,27)28)6-38(33,34)35/h7-9,12-13H,1-6H2,(H,29,30)(H,33,34,35). The van der Waals surface area contributed by atoms with Crippen LogP contribution in [0.15, 0.2) is 0 Å². The topological polar surface area (TPSA) is 144 Å². The zero-order chi connectivity index (χ0) is 28.7. The molecule has 2 saturated carbocycles. The van der Waals surface area contributed by atoms with Crippen LogP contribution in [-0.2, 0) is 37.0 Å². The summed E-state index contributed by atoms with van der Waals surface area (Å²) in [6.45, 7) is 0. The fourth-order valence-electron chi connectivity index (χ4n) is 5.24. The van der Waals surface area contributed by atoms with Crippen LogP contribution in [0.25, 0.3) is 0 Å². The molecule has 2 N–H and O–H groups in total. The van der Waals surface area contributed by atoms with Gasteiger partial charge in [0.25, 0.3) is 10.1 Å². The third-order valence-corrected chi connectivity index (χ3v) is 7.69. The molecule has 0 spiro atoms. The van der Waals surface area contributed by atoms with Crippen molar-refractivity contribution in [2.45, 2.75) is 50.3 Å². The molecule has 2 aliphatic rings. The monoisotopic (exact) mass is 548 g/mol. The first kappa shape index (κ1) is 30.1. The van der Waals surface area contributed by atoms with Crippen molar-refractivity contribution < 1.29 is 55.1 Å². The molecular weight excluding hydrogens is 529 g/mol. The van der Waals surface area contributed by atoms with Crippen LogP contribution in [-0.4, -0.2) is 91.5 Å². The summed E-state index contributed by atoms with van der Waals surface area (Å²) in [5.41, 5.74) is -1.31. The lowest BCUT2D eigenvalue weighted by Gasteiger charge is -2.29. The first-order valence-electron chi connectivity index (χ1n) is 11.3. The van der Waals surface area contributed by atoms with Crippen LogP contribution < -0.4 is 10.9 Å². The summed E-state index contributed by atoms with van der Waals surface area (Å²) in [5, 5.41) is 9.69. The van der Waals surface area contributed by atoms with Crippen LogP contribution in [0.2, 0.25) is 0 Å². The number of carbonyl (C=O) groups is 3. The maximum Gasteiger partial charge on any atom is 0.426 e. The average molecular weight is 548 g/mol. The van der Waals surface area contributed by atoms with E-state index < -0.39 is 81.0 Å². The number of carboxylic acids is 1. The van der Waals surface area contributed by atoms with Crippen molar-refractivity contribution >= 4 is 70.3 Å². The fourth-order valence-corrected chi connectivity index (χ4v) is 5.88. The van der Waals surface area contributed by atoms with Gasteiger partial charge in [0.15, 0.2) is 0 Å². The van der Waals surface area contributed by atoms with Crippen LogP contribution in [0, 0.1) is 17.8 Å². The number of rotatable bonds is 9. The SMILES string of the molecule is [B]Cc1c([B])c(C[B])c(C(=O)OC2CC3CC2CC3C(=O)OC(CS(=O)(=O)O)C(F)(F)F)c(C(=O)O)c1[B]. The molecule has 2 bridgehead atoms. The van der Waals surface area contributed by atoms with E-state index in [1.165, 1.54) is 0 Å². The Morgan fingerprint density at radius 1 is 0.974 bits per heavy atom. The van der Waals surface area contributed by atoms with E-state index >= 15 is 0 Å². The van der Waals surface area contributed by atoms with Crippen LogP contribution in [0.4, 0.5) is 13.2 Å². The molecule has 0 aliphatic heterocycles. The van der Waals surface area contributed by atoms with Crippen molar-refractivity contribution in [1.29, 1.82) is 0 Å². The molecule has 0 aromatic heterocycles. The van der Waals surface area contributed by atoms with Gasteiger partial charge < -0.3 is 14.6 Å². The number of halogens is 3. The lowest BCUT2D eigenvalue weighted by molar-refractivity contribution is -0.218. The Morgan fingerprint density at radius 2 is 1.58 bits per heavy atom. The third kappa shape index (κ3) is 6.08. The van der Waals surface area contributed by atoms with Crippen molar-refractivity contribution in [2.24, 2.45) is 17.8 Å². The second-order valence-electron chi connectivity index (χ2n) is 9.24. The van der Waals surface area contributed by atoms with E-state index in [0.29, 0.717) is 6.42 Å². The van der Waals surface area contributed by atoms with Crippen molar-refractivity contribution in [3.8, 4) is 0 Å². The highest BCUT2D eigenvalue weighted by molar-refractivity contribution is 7.85. The molecule has 38 heavy (non-hydrogen) atoms. The molecule has 5 unspecified atom stereocenters. The minimum Gasteiger partial charge on any atom is -0.478 e. The van der Waals surface area contributed by atoms with Gasteiger partial charge in [-0.25, -0.2) is 9.59 Å². The maximum absolute atomic E-state index is 13.1. The van der Waals surface area contributed by atoms with Gasteiger partial charge >= 0.3 is 24.1 Å². The number of hydrogen-bond acceptors (Lipinski definition) is 7. The zero-order valence-corrected chi connectivity index (χ0v) is 20.5. The first-order chi connectivity index (χ1) is 17.5. The largest absolute Gasteiger partial charge is 0.478 e. The molecule has 3 rings (SSSR count). The van der Waals surface area contributed by atoms with E-state index in [0.717, 1.165) is 0 Å². The van der Waals surface area contributed by atoms with Gasteiger partial charge in [0.05, 0.1) is 32.7 Å². The fraction of sp³-hybridized carbons (Fsp3) is 0.571.